The Labute approximate surface area is 152 Å². The highest BCUT2D eigenvalue weighted by atomic mass is 127. The number of halogens is 1. The molecule has 130 valence electrons. The highest BCUT2D eigenvalue weighted by molar-refractivity contribution is 14.0. The van der Waals surface area contributed by atoms with Gasteiger partial charge in [0.1, 0.15) is 6.10 Å². The van der Waals surface area contributed by atoms with E-state index in [9.17, 15) is 0 Å². The second kappa shape index (κ2) is 10.6. The van der Waals surface area contributed by atoms with Crippen molar-refractivity contribution in [1.82, 2.24) is 10.2 Å². The molecule has 2 heterocycles. The average Bonchev–Trinajstić information content (AvgIpc) is 3.00. The Kier molecular flexibility index (Phi) is 9.66. The molecule has 0 bridgehead atoms. The predicted molar refractivity (Wildman–Crippen MR) is 101 cm³/mol. The van der Waals surface area contributed by atoms with Gasteiger partial charge in [-0.05, 0) is 32.1 Å². The number of nitrogens with zero attached hydrogens (tertiary/aromatic N) is 2. The fourth-order valence-corrected chi connectivity index (χ4v) is 2.84. The van der Waals surface area contributed by atoms with Crippen molar-refractivity contribution < 1.29 is 9.47 Å². The van der Waals surface area contributed by atoms with Crippen LogP contribution in [0.4, 0.5) is 0 Å². The van der Waals surface area contributed by atoms with E-state index >= 15 is 0 Å². The first-order valence-electron chi connectivity index (χ1n) is 8.47. The van der Waals surface area contributed by atoms with Gasteiger partial charge in [0.15, 0.2) is 5.96 Å². The van der Waals surface area contributed by atoms with E-state index in [2.05, 4.69) is 31.0 Å². The Hall–Kier alpha value is -0.0800. The van der Waals surface area contributed by atoms with Crippen LogP contribution >= 0.6 is 24.0 Å². The summed E-state index contributed by atoms with van der Waals surface area (Å²) in [6.45, 7) is 11.8. The minimum Gasteiger partial charge on any atom is -0.375 e. The molecule has 0 amide bonds. The van der Waals surface area contributed by atoms with Crippen molar-refractivity contribution in [1.29, 1.82) is 0 Å². The van der Waals surface area contributed by atoms with E-state index in [1.165, 1.54) is 0 Å². The molecule has 5 nitrogen and oxygen atoms in total. The van der Waals surface area contributed by atoms with E-state index in [1.807, 2.05) is 0 Å². The maximum Gasteiger partial charge on any atom is 0.194 e. The molecule has 0 saturated carbocycles. The molecule has 2 saturated heterocycles. The minimum atomic E-state index is 0. The van der Waals surface area contributed by atoms with Gasteiger partial charge in [-0.1, -0.05) is 13.8 Å². The first-order chi connectivity index (χ1) is 10.2. The van der Waals surface area contributed by atoms with Crippen LogP contribution in [0, 0.1) is 5.92 Å². The van der Waals surface area contributed by atoms with Crippen LogP contribution in [0.5, 0.6) is 0 Å². The topological polar surface area (TPSA) is 46.1 Å². The standard InChI is InChI=1S/C16H31N3O2.HI/c1-4-17-16(18-8-7-13(2)3)19-9-11-21-15(12-19)14-6-5-10-20-14;/h13-15H,4-12H2,1-3H3,(H,17,18);1H. The molecule has 0 aliphatic carbocycles. The molecule has 0 radical (unpaired) electrons. The SMILES string of the molecule is CCNC(=NCCC(C)C)N1CCOC(C2CCCO2)C1.I. The largest absolute Gasteiger partial charge is 0.375 e. The van der Waals surface area contributed by atoms with E-state index in [0.29, 0.717) is 5.92 Å². The smallest absolute Gasteiger partial charge is 0.194 e. The molecule has 0 spiro atoms. The Morgan fingerprint density at radius 3 is 2.68 bits per heavy atom. The molecule has 0 aromatic rings. The monoisotopic (exact) mass is 425 g/mol. The second-order valence-electron chi connectivity index (χ2n) is 6.32. The van der Waals surface area contributed by atoms with Gasteiger partial charge in [-0.3, -0.25) is 4.99 Å². The number of ether oxygens (including phenoxy) is 2. The summed E-state index contributed by atoms with van der Waals surface area (Å²) >= 11 is 0. The van der Waals surface area contributed by atoms with Crippen LogP contribution in [0.1, 0.15) is 40.0 Å². The van der Waals surface area contributed by atoms with Crippen LogP contribution in [-0.4, -0.2) is 62.5 Å². The summed E-state index contributed by atoms with van der Waals surface area (Å²) in [7, 11) is 0. The van der Waals surface area contributed by atoms with Crippen LogP contribution < -0.4 is 5.32 Å². The molecular weight excluding hydrogens is 393 g/mol. The number of guanidine groups is 1. The first kappa shape index (κ1) is 20.0. The van der Waals surface area contributed by atoms with Gasteiger partial charge in [0.2, 0.25) is 0 Å². The van der Waals surface area contributed by atoms with Crippen LogP contribution in [0.25, 0.3) is 0 Å². The minimum absolute atomic E-state index is 0. The molecule has 22 heavy (non-hydrogen) atoms. The molecule has 0 aromatic carbocycles. The van der Waals surface area contributed by atoms with Crippen molar-refractivity contribution in [3.8, 4) is 0 Å². The van der Waals surface area contributed by atoms with Gasteiger partial charge in [0, 0.05) is 32.8 Å². The molecule has 2 atom stereocenters. The summed E-state index contributed by atoms with van der Waals surface area (Å²) in [4.78, 5) is 7.11. The molecule has 6 heteroatoms. The summed E-state index contributed by atoms with van der Waals surface area (Å²) in [6.07, 6.45) is 3.88. The zero-order chi connectivity index (χ0) is 15.1. The lowest BCUT2D eigenvalue weighted by Crippen LogP contribution is -2.53. The van der Waals surface area contributed by atoms with E-state index in [0.717, 1.165) is 64.6 Å². The van der Waals surface area contributed by atoms with Crippen LogP contribution in [0.15, 0.2) is 4.99 Å². The molecular formula is C16H32IN3O2. The maximum atomic E-state index is 5.91. The van der Waals surface area contributed by atoms with Gasteiger partial charge < -0.3 is 19.7 Å². The van der Waals surface area contributed by atoms with Crippen molar-refractivity contribution in [2.75, 3.05) is 39.4 Å². The fraction of sp³-hybridized carbons (Fsp3) is 0.938. The molecule has 2 rings (SSSR count). The van der Waals surface area contributed by atoms with Crippen molar-refractivity contribution in [3.05, 3.63) is 0 Å². The zero-order valence-corrected chi connectivity index (χ0v) is 16.5. The lowest BCUT2D eigenvalue weighted by Gasteiger charge is -2.37. The quantitative estimate of drug-likeness (QED) is 0.418. The summed E-state index contributed by atoms with van der Waals surface area (Å²) in [5, 5.41) is 3.42. The summed E-state index contributed by atoms with van der Waals surface area (Å²) in [5.41, 5.74) is 0. The molecule has 1 N–H and O–H groups in total. The van der Waals surface area contributed by atoms with Crippen LogP contribution in [0.3, 0.4) is 0 Å². The van der Waals surface area contributed by atoms with Crippen LogP contribution in [0.2, 0.25) is 0 Å². The average molecular weight is 425 g/mol. The van der Waals surface area contributed by atoms with E-state index in [4.69, 9.17) is 14.5 Å². The zero-order valence-electron chi connectivity index (χ0n) is 14.2. The first-order valence-corrected chi connectivity index (χ1v) is 8.47. The Bertz CT molecular complexity index is 333. The fourth-order valence-electron chi connectivity index (χ4n) is 2.84. The summed E-state index contributed by atoms with van der Waals surface area (Å²) < 4.78 is 11.7. The summed E-state index contributed by atoms with van der Waals surface area (Å²) in [6, 6.07) is 0. The van der Waals surface area contributed by atoms with Gasteiger partial charge in [0.25, 0.3) is 0 Å². The van der Waals surface area contributed by atoms with Crippen molar-refractivity contribution >= 4 is 29.9 Å². The molecule has 2 unspecified atom stereocenters. The van der Waals surface area contributed by atoms with Gasteiger partial charge in [-0.2, -0.15) is 0 Å². The second-order valence-corrected chi connectivity index (χ2v) is 6.32. The number of hydrogen-bond donors (Lipinski definition) is 1. The third-order valence-electron chi connectivity index (χ3n) is 4.08. The predicted octanol–water partition coefficient (Wildman–Crippen LogP) is 2.50. The van der Waals surface area contributed by atoms with Gasteiger partial charge in [-0.25, -0.2) is 0 Å². The van der Waals surface area contributed by atoms with Crippen molar-refractivity contribution in [2.45, 2.75) is 52.2 Å². The maximum absolute atomic E-state index is 5.91. The Balaban J connectivity index is 0.00000242. The number of nitrogens with one attached hydrogen (secondary N) is 1. The van der Waals surface area contributed by atoms with Crippen LogP contribution in [-0.2, 0) is 9.47 Å². The number of morpholine rings is 1. The number of aliphatic imine (C=N–C) groups is 1. The Morgan fingerprint density at radius 1 is 1.27 bits per heavy atom. The van der Waals surface area contributed by atoms with Gasteiger partial charge >= 0.3 is 0 Å². The normalized spacial score (nSPS) is 26.2. The lowest BCUT2D eigenvalue weighted by atomic mass is 10.1. The van der Waals surface area contributed by atoms with E-state index in [-0.39, 0.29) is 36.2 Å². The lowest BCUT2D eigenvalue weighted by molar-refractivity contribution is -0.0817. The van der Waals surface area contributed by atoms with Gasteiger partial charge in [0.05, 0.1) is 12.7 Å². The summed E-state index contributed by atoms with van der Waals surface area (Å²) in [5.74, 6) is 1.73. The number of hydrogen-bond acceptors (Lipinski definition) is 3. The molecule has 0 aromatic heterocycles. The molecule has 2 aliphatic rings. The van der Waals surface area contributed by atoms with Crippen molar-refractivity contribution in [3.63, 3.8) is 0 Å². The molecule has 2 aliphatic heterocycles. The highest BCUT2D eigenvalue weighted by Gasteiger charge is 2.32. The van der Waals surface area contributed by atoms with E-state index < -0.39 is 0 Å². The van der Waals surface area contributed by atoms with Crippen molar-refractivity contribution in [2.24, 2.45) is 10.9 Å². The third-order valence-corrected chi connectivity index (χ3v) is 4.08. The Morgan fingerprint density at radius 2 is 2.05 bits per heavy atom. The van der Waals surface area contributed by atoms with Gasteiger partial charge in [-0.15, -0.1) is 24.0 Å². The third kappa shape index (κ3) is 6.20. The number of rotatable bonds is 5. The van der Waals surface area contributed by atoms with E-state index in [1.54, 1.807) is 0 Å². The highest BCUT2D eigenvalue weighted by Crippen LogP contribution is 2.21. The molecule has 2 fully saturated rings.